The van der Waals surface area contributed by atoms with E-state index in [1.807, 2.05) is 73.7 Å². The van der Waals surface area contributed by atoms with Crippen LogP contribution in [0, 0.1) is 24.7 Å². The second-order valence-corrected chi connectivity index (χ2v) is 15.2. The summed E-state index contributed by atoms with van der Waals surface area (Å²) in [6.07, 6.45) is 6.42. The summed E-state index contributed by atoms with van der Waals surface area (Å²) in [6, 6.07) is 20.8. The Labute approximate surface area is 324 Å². The third-order valence-corrected chi connectivity index (χ3v) is 10.6. The van der Waals surface area contributed by atoms with Gasteiger partial charge in [0.25, 0.3) is 5.91 Å². The van der Waals surface area contributed by atoms with Crippen LogP contribution < -0.4 is 27.0 Å². The van der Waals surface area contributed by atoms with Gasteiger partial charge in [0.15, 0.2) is 5.82 Å². The van der Waals surface area contributed by atoms with Crippen molar-refractivity contribution >= 4 is 35.8 Å². The van der Waals surface area contributed by atoms with Crippen LogP contribution in [0.1, 0.15) is 79.7 Å². The van der Waals surface area contributed by atoms with Gasteiger partial charge in [-0.1, -0.05) is 44.2 Å². The van der Waals surface area contributed by atoms with Gasteiger partial charge in [-0.25, -0.2) is 0 Å². The molecule has 3 aromatic carbocycles. The van der Waals surface area contributed by atoms with E-state index in [-0.39, 0.29) is 42.1 Å². The minimum absolute atomic E-state index is 0. The quantitative estimate of drug-likeness (QED) is 0.0977. The maximum absolute atomic E-state index is 13.8. The van der Waals surface area contributed by atoms with Gasteiger partial charge in [0.05, 0.1) is 0 Å². The number of nitrogens with two attached hydrogens (primary N) is 1. The number of aromatic amines is 1. The van der Waals surface area contributed by atoms with Crippen molar-refractivity contribution < 1.29 is 14.4 Å². The molecule has 12 heteroatoms. The minimum atomic E-state index is -0.771. The summed E-state index contributed by atoms with van der Waals surface area (Å²) in [5.41, 5.74) is 12.0. The van der Waals surface area contributed by atoms with E-state index in [2.05, 4.69) is 50.3 Å². The number of nitrogens with one attached hydrogen (secondary N) is 5. The fourth-order valence-electron chi connectivity index (χ4n) is 7.43. The third kappa shape index (κ3) is 10.8. The molecule has 2 heterocycles. The first-order chi connectivity index (χ1) is 25.6. The number of hydrogen-bond donors (Lipinski definition) is 6. The molecular weight excluding hydrogens is 700 g/mol. The van der Waals surface area contributed by atoms with E-state index in [4.69, 9.17) is 5.73 Å². The standard InChI is InChI=1S/C42H54N8O3.ClH/c1-26(2)22-38-48-39(50-49-38)31-12-15-34(16-13-31)46-42(53)37(47-40(51)32-10-6-29(25-43)7-11-32)24-28-4-8-30(9-5-28)36-17-14-33(23-27(36)3)41(52)45-35-18-20-44-21-19-35;/h4-5,8-9,12-17,23,26,29,32,35,37,44H,6-7,10-11,18-22,24-25,43H2,1-3H3,(H,45,52)(H,46,53)(H,47,51)(H,48,49,50);1H/t29-,32-,37-;/m0./s1. The highest BCUT2D eigenvalue weighted by Crippen LogP contribution is 2.29. The zero-order valence-corrected chi connectivity index (χ0v) is 32.4. The number of benzene rings is 3. The minimum Gasteiger partial charge on any atom is -0.349 e. The lowest BCUT2D eigenvalue weighted by Crippen LogP contribution is -2.48. The number of aromatic nitrogens is 3. The molecule has 0 bridgehead atoms. The number of anilines is 1. The fourth-order valence-corrected chi connectivity index (χ4v) is 7.43. The topological polar surface area (TPSA) is 167 Å². The Morgan fingerprint density at radius 3 is 2.19 bits per heavy atom. The molecule has 1 atom stereocenters. The van der Waals surface area contributed by atoms with Gasteiger partial charge >= 0.3 is 0 Å². The predicted octanol–water partition coefficient (Wildman–Crippen LogP) is 5.98. The van der Waals surface area contributed by atoms with Gasteiger partial charge in [-0.05, 0) is 136 Å². The highest BCUT2D eigenvalue weighted by molar-refractivity contribution is 5.98. The molecule has 2 fully saturated rings. The smallest absolute Gasteiger partial charge is 0.251 e. The van der Waals surface area contributed by atoms with Crippen LogP contribution in [-0.2, 0) is 22.4 Å². The lowest BCUT2D eigenvalue weighted by molar-refractivity contribution is -0.130. The van der Waals surface area contributed by atoms with Gasteiger partial charge in [-0.3, -0.25) is 14.4 Å². The summed E-state index contributed by atoms with van der Waals surface area (Å²) in [6.45, 7) is 8.77. The van der Waals surface area contributed by atoms with Crippen LogP contribution in [0.2, 0.25) is 0 Å². The molecule has 6 rings (SSSR count). The number of H-pyrrole nitrogens is 1. The summed E-state index contributed by atoms with van der Waals surface area (Å²) in [5.74, 6) is 1.90. The van der Waals surface area contributed by atoms with E-state index < -0.39 is 6.04 Å². The van der Waals surface area contributed by atoms with E-state index in [9.17, 15) is 14.4 Å². The summed E-state index contributed by atoms with van der Waals surface area (Å²) < 4.78 is 0. The first-order valence-corrected chi connectivity index (χ1v) is 19.2. The summed E-state index contributed by atoms with van der Waals surface area (Å²) >= 11 is 0. The SMILES string of the molecule is Cc1cc(C(=O)NC2CCNCC2)ccc1-c1ccc(C[C@H](NC(=O)[C@H]2CC[C@H](CN)CC2)C(=O)Nc2ccc(-c3nnc(CC(C)C)[nH]3)cc2)cc1.Cl. The average molecular weight is 755 g/mol. The van der Waals surface area contributed by atoms with Crippen LogP contribution in [-0.4, -0.2) is 64.6 Å². The van der Waals surface area contributed by atoms with Crippen molar-refractivity contribution in [3.63, 3.8) is 0 Å². The number of carbonyl (C=O) groups is 3. The van der Waals surface area contributed by atoms with Crippen LogP contribution in [0.5, 0.6) is 0 Å². The molecule has 1 aromatic heterocycles. The zero-order chi connectivity index (χ0) is 37.3. The third-order valence-electron chi connectivity index (χ3n) is 10.6. The van der Waals surface area contributed by atoms with Crippen molar-refractivity contribution in [1.82, 2.24) is 31.1 Å². The highest BCUT2D eigenvalue weighted by atomic mass is 35.5. The lowest BCUT2D eigenvalue weighted by Gasteiger charge is -2.28. The van der Waals surface area contributed by atoms with E-state index in [0.717, 1.165) is 91.7 Å². The van der Waals surface area contributed by atoms with Crippen molar-refractivity contribution in [2.75, 3.05) is 25.0 Å². The fraction of sp³-hybridized carbons (Fsp3) is 0.452. The first-order valence-electron chi connectivity index (χ1n) is 19.2. The Hall–Kier alpha value is -4.58. The molecule has 1 aliphatic carbocycles. The van der Waals surface area contributed by atoms with Gasteiger partial charge in [-0.15, -0.1) is 22.6 Å². The molecule has 1 saturated heterocycles. The van der Waals surface area contributed by atoms with Gasteiger partial charge < -0.3 is 32.0 Å². The molecule has 1 aliphatic heterocycles. The van der Waals surface area contributed by atoms with Crippen LogP contribution >= 0.6 is 12.4 Å². The van der Waals surface area contributed by atoms with E-state index in [1.165, 1.54) is 0 Å². The Kier molecular flexibility index (Phi) is 14.4. The van der Waals surface area contributed by atoms with Crippen LogP contribution in [0.25, 0.3) is 22.5 Å². The second kappa shape index (κ2) is 19.1. The monoisotopic (exact) mass is 754 g/mol. The molecule has 54 heavy (non-hydrogen) atoms. The maximum Gasteiger partial charge on any atom is 0.251 e. The number of aryl methyl sites for hydroxylation is 1. The number of halogens is 1. The normalized spacial score (nSPS) is 18.0. The maximum atomic E-state index is 13.8. The molecule has 0 radical (unpaired) electrons. The van der Waals surface area contributed by atoms with Gasteiger partial charge in [0, 0.05) is 41.6 Å². The predicted molar refractivity (Wildman–Crippen MR) is 216 cm³/mol. The zero-order valence-electron chi connectivity index (χ0n) is 31.6. The van der Waals surface area contributed by atoms with Crippen molar-refractivity contribution in [3.8, 4) is 22.5 Å². The van der Waals surface area contributed by atoms with Crippen molar-refractivity contribution in [2.24, 2.45) is 23.5 Å². The lowest BCUT2D eigenvalue weighted by atomic mass is 9.81. The molecule has 4 aromatic rings. The summed E-state index contributed by atoms with van der Waals surface area (Å²) in [7, 11) is 0. The van der Waals surface area contributed by atoms with Crippen LogP contribution in [0.4, 0.5) is 5.69 Å². The van der Waals surface area contributed by atoms with Crippen molar-refractivity contribution in [1.29, 1.82) is 0 Å². The number of hydrogen-bond acceptors (Lipinski definition) is 7. The number of rotatable bonds is 13. The first kappa shape index (κ1) is 40.6. The highest BCUT2D eigenvalue weighted by Gasteiger charge is 2.29. The molecule has 11 nitrogen and oxygen atoms in total. The Morgan fingerprint density at radius 2 is 1.54 bits per heavy atom. The van der Waals surface area contributed by atoms with Crippen LogP contribution in [0.3, 0.4) is 0 Å². The van der Waals surface area contributed by atoms with Gasteiger partial charge in [0.1, 0.15) is 11.9 Å². The Morgan fingerprint density at radius 1 is 0.852 bits per heavy atom. The van der Waals surface area contributed by atoms with Crippen molar-refractivity contribution in [3.05, 3.63) is 89.2 Å². The van der Waals surface area contributed by atoms with E-state index in [1.54, 1.807) is 0 Å². The molecule has 7 N–H and O–H groups in total. The molecule has 2 aliphatic rings. The molecule has 288 valence electrons. The number of amides is 3. The average Bonchev–Trinajstić information content (AvgIpc) is 3.63. The number of piperidine rings is 1. The number of carbonyl (C=O) groups excluding carboxylic acids is 3. The Bertz CT molecular complexity index is 1850. The molecule has 0 unspecified atom stereocenters. The molecular formula is C42H55ClN8O3. The largest absolute Gasteiger partial charge is 0.349 e. The van der Waals surface area contributed by atoms with Gasteiger partial charge in [0.2, 0.25) is 11.8 Å². The van der Waals surface area contributed by atoms with Gasteiger partial charge in [-0.2, -0.15) is 0 Å². The Balaban J connectivity index is 0.00000561. The van der Waals surface area contributed by atoms with E-state index in [0.29, 0.717) is 41.9 Å². The number of nitrogens with zero attached hydrogens (tertiary/aromatic N) is 2. The molecule has 3 amide bonds. The summed E-state index contributed by atoms with van der Waals surface area (Å²) in [5, 5.41) is 21.2. The van der Waals surface area contributed by atoms with Crippen molar-refractivity contribution in [2.45, 2.75) is 84.2 Å². The summed E-state index contributed by atoms with van der Waals surface area (Å²) in [4.78, 5) is 43.6. The molecule has 1 saturated carbocycles. The van der Waals surface area contributed by atoms with Crippen LogP contribution in [0.15, 0.2) is 66.7 Å². The van der Waals surface area contributed by atoms with E-state index >= 15 is 0 Å². The molecule has 0 spiro atoms. The second-order valence-electron chi connectivity index (χ2n) is 15.2.